The van der Waals surface area contributed by atoms with E-state index < -0.39 is 12.2 Å². The summed E-state index contributed by atoms with van der Waals surface area (Å²) in [6.07, 6.45) is -0.871. The van der Waals surface area contributed by atoms with Crippen LogP contribution in [0.5, 0.6) is 11.5 Å². The van der Waals surface area contributed by atoms with Crippen LogP contribution in [-0.2, 0) is 11.3 Å². The first-order valence-electron chi connectivity index (χ1n) is 15.9. The van der Waals surface area contributed by atoms with Crippen LogP contribution in [0.1, 0.15) is 22.8 Å². The molecule has 1 amide bonds. The molecule has 0 atom stereocenters. The predicted molar refractivity (Wildman–Crippen MR) is 187 cm³/mol. The average Bonchev–Trinajstić information content (AvgIpc) is 3.46. The fourth-order valence-corrected chi connectivity index (χ4v) is 6.46. The van der Waals surface area contributed by atoms with Crippen LogP contribution in [0.4, 0.5) is 27.9 Å². The van der Waals surface area contributed by atoms with E-state index in [1.54, 1.807) is 14.2 Å². The molecule has 9 nitrogen and oxygen atoms in total. The topological polar surface area (TPSA) is 89.0 Å². The van der Waals surface area contributed by atoms with Crippen LogP contribution in [0.25, 0.3) is 22.0 Å². The second kappa shape index (κ2) is 12.3. The Morgan fingerprint density at radius 3 is 2.33 bits per heavy atom. The number of ether oxygens (including phenoxy) is 3. The molecule has 1 aromatic heterocycles. The van der Waals surface area contributed by atoms with Gasteiger partial charge >= 0.3 is 6.09 Å². The van der Waals surface area contributed by atoms with Gasteiger partial charge in [-0.25, -0.2) is 9.78 Å². The molecule has 0 saturated heterocycles. The highest BCUT2D eigenvalue weighted by Gasteiger charge is 2.32. The summed E-state index contributed by atoms with van der Waals surface area (Å²) in [5.41, 5.74) is 7.59. The van der Waals surface area contributed by atoms with Crippen molar-refractivity contribution in [3.8, 4) is 22.6 Å². The molecule has 1 aliphatic heterocycles. The third-order valence-electron chi connectivity index (χ3n) is 8.92. The van der Waals surface area contributed by atoms with Crippen molar-refractivity contribution in [1.82, 2.24) is 9.97 Å². The number of aromatic nitrogens is 2. The Morgan fingerprint density at radius 1 is 0.875 bits per heavy atom. The highest BCUT2D eigenvalue weighted by atomic mass is 16.6. The summed E-state index contributed by atoms with van der Waals surface area (Å²) in [4.78, 5) is 26.9. The van der Waals surface area contributed by atoms with Gasteiger partial charge in [0.05, 0.1) is 19.3 Å². The molecule has 2 aliphatic rings. The first kappa shape index (κ1) is 29.3. The van der Waals surface area contributed by atoms with Gasteiger partial charge in [-0.2, -0.15) is 4.98 Å². The Balaban J connectivity index is 1.01. The van der Waals surface area contributed by atoms with Gasteiger partial charge in [0.25, 0.3) is 0 Å². The average molecular weight is 636 g/mol. The summed E-state index contributed by atoms with van der Waals surface area (Å²) in [6, 6.07) is 37.7. The Hall–Kier alpha value is -6.09. The molecular weight excluding hydrogens is 602 g/mol. The second-order valence-corrected chi connectivity index (χ2v) is 11.7. The van der Waals surface area contributed by atoms with E-state index in [1.165, 1.54) is 4.90 Å². The van der Waals surface area contributed by atoms with Gasteiger partial charge in [-0.05, 0) is 53.1 Å². The summed E-state index contributed by atoms with van der Waals surface area (Å²) in [5.74, 6) is 2.73. The first-order valence-corrected chi connectivity index (χ1v) is 15.9. The molecule has 2 heterocycles. The largest absolute Gasteiger partial charge is 0.494 e. The molecule has 8 rings (SSSR count). The molecule has 9 heteroatoms. The van der Waals surface area contributed by atoms with Crippen molar-refractivity contribution < 1.29 is 19.0 Å². The highest BCUT2D eigenvalue weighted by Crippen LogP contribution is 2.45. The maximum atomic E-state index is 13.4. The Kier molecular flexibility index (Phi) is 7.49. The molecule has 0 radical (unpaired) electrons. The molecule has 1 aliphatic carbocycles. The van der Waals surface area contributed by atoms with Gasteiger partial charge < -0.3 is 24.4 Å². The van der Waals surface area contributed by atoms with E-state index in [1.807, 2.05) is 103 Å². The number of nitrogens with one attached hydrogen (secondary N) is 1. The van der Waals surface area contributed by atoms with Gasteiger partial charge in [0.15, 0.2) is 6.10 Å². The molecule has 5 aromatic carbocycles. The normalized spacial score (nSPS) is 13.2. The first-order chi connectivity index (χ1) is 23.6. The lowest BCUT2D eigenvalue weighted by Gasteiger charge is -2.30. The van der Waals surface area contributed by atoms with Crippen molar-refractivity contribution >= 4 is 40.1 Å². The van der Waals surface area contributed by atoms with E-state index in [0.717, 1.165) is 55.8 Å². The molecule has 1 N–H and O–H groups in total. The number of anilines is 4. The molecule has 238 valence electrons. The van der Waals surface area contributed by atoms with Gasteiger partial charge in [0, 0.05) is 35.8 Å². The predicted octanol–water partition coefficient (Wildman–Crippen LogP) is 8.12. The maximum Gasteiger partial charge on any atom is 0.414 e. The number of hydrogen-bond acceptors (Lipinski definition) is 8. The molecule has 6 aromatic rings. The van der Waals surface area contributed by atoms with Gasteiger partial charge in [-0.3, -0.25) is 4.90 Å². The Labute approximate surface area is 278 Å². The molecular formula is C39H33N5O4. The molecule has 0 unspecified atom stereocenters. The number of carbonyl (C=O) groups excluding carboxylic acids is 1. The minimum Gasteiger partial charge on any atom is -0.494 e. The van der Waals surface area contributed by atoms with Crippen LogP contribution in [0.3, 0.4) is 0 Å². The zero-order valence-corrected chi connectivity index (χ0v) is 26.6. The fraction of sp³-hybridized carbons (Fsp3) is 0.154. The summed E-state index contributed by atoms with van der Waals surface area (Å²) in [5, 5.41) is 4.38. The van der Waals surface area contributed by atoms with E-state index in [9.17, 15) is 4.79 Å². The van der Waals surface area contributed by atoms with Crippen molar-refractivity contribution in [3.63, 3.8) is 0 Å². The number of hydrogen-bond donors (Lipinski definition) is 1. The SMILES string of the molecule is COc1cccc2c(NCc3ccc(N(C)C(=O)OC4c5ccccc5-c5ccccc54)cc3)nc(N3CCOc4ccccc43)nc12. The number of amides is 1. The van der Waals surface area contributed by atoms with Crippen LogP contribution < -0.4 is 24.6 Å². The van der Waals surface area contributed by atoms with Gasteiger partial charge in [-0.15, -0.1) is 0 Å². The second-order valence-electron chi connectivity index (χ2n) is 11.7. The number of carbonyl (C=O) groups is 1. The quantitative estimate of drug-likeness (QED) is 0.188. The number of fused-ring (bicyclic) bond motifs is 5. The maximum absolute atomic E-state index is 13.4. The molecule has 0 saturated carbocycles. The van der Waals surface area contributed by atoms with E-state index in [0.29, 0.717) is 37.2 Å². The third kappa shape index (κ3) is 5.19. The molecule has 48 heavy (non-hydrogen) atoms. The number of rotatable bonds is 7. The monoisotopic (exact) mass is 635 g/mol. The highest BCUT2D eigenvalue weighted by molar-refractivity contribution is 5.94. The Morgan fingerprint density at radius 2 is 1.58 bits per heavy atom. The van der Waals surface area contributed by atoms with Crippen LogP contribution in [-0.4, -0.2) is 43.4 Å². The molecule has 0 bridgehead atoms. The standard InChI is InChI=1S/C39H33N5O4/c1-43(39(45)48-36-29-12-5-3-10-27(29)28-11-4-6-13-30(28)36)26-20-18-25(19-21-26)24-40-37-31-14-9-17-34(46-2)35(31)41-38(42-37)44-22-23-47-33-16-8-7-15-32(33)44/h3-21,36H,22-24H2,1-2H3,(H,40,41,42). The van der Waals surface area contributed by atoms with Crippen molar-refractivity contribution in [2.24, 2.45) is 0 Å². The lowest BCUT2D eigenvalue weighted by molar-refractivity contribution is 0.127. The third-order valence-corrected chi connectivity index (χ3v) is 8.92. The fourth-order valence-electron chi connectivity index (χ4n) is 6.46. The van der Waals surface area contributed by atoms with Crippen molar-refractivity contribution in [2.75, 3.05) is 42.4 Å². The van der Waals surface area contributed by atoms with E-state index >= 15 is 0 Å². The van der Waals surface area contributed by atoms with Gasteiger partial charge in [0.1, 0.15) is 29.4 Å². The smallest absolute Gasteiger partial charge is 0.414 e. The zero-order chi connectivity index (χ0) is 32.6. The summed E-state index contributed by atoms with van der Waals surface area (Å²) >= 11 is 0. The minimum absolute atomic E-state index is 0.420. The van der Waals surface area contributed by atoms with Crippen molar-refractivity contribution in [1.29, 1.82) is 0 Å². The number of benzene rings is 5. The minimum atomic E-state index is -0.451. The van der Waals surface area contributed by atoms with E-state index in [2.05, 4.69) is 22.3 Å². The summed E-state index contributed by atoms with van der Waals surface area (Å²) in [6.45, 7) is 1.66. The summed E-state index contributed by atoms with van der Waals surface area (Å²) < 4.78 is 17.7. The van der Waals surface area contributed by atoms with Crippen molar-refractivity contribution in [2.45, 2.75) is 12.6 Å². The van der Waals surface area contributed by atoms with Crippen molar-refractivity contribution in [3.05, 3.63) is 132 Å². The van der Waals surface area contributed by atoms with Crippen LogP contribution in [0.15, 0.2) is 115 Å². The molecule has 0 spiro atoms. The summed E-state index contributed by atoms with van der Waals surface area (Å²) in [7, 11) is 3.38. The zero-order valence-electron chi connectivity index (χ0n) is 26.6. The van der Waals surface area contributed by atoms with Crippen LogP contribution in [0, 0.1) is 0 Å². The van der Waals surface area contributed by atoms with E-state index in [-0.39, 0.29) is 0 Å². The number of methoxy groups -OCH3 is 1. The lowest BCUT2D eigenvalue weighted by atomic mass is 10.1. The molecule has 0 fully saturated rings. The van der Waals surface area contributed by atoms with Gasteiger partial charge in [0.2, 0.25) is 5.95 Å². The van der Waals surface area contributed by atoms with Crippen LogP contribution in [0.2, 0.25) is 0 Å². The van der Waals surface area contributed by atoms with E-state index in [4.69, 9.17) is 24.2 Å². The van der Waals surface area contributed by atoms with Crippen LogP contribution >= 0.6 is 0 Å². The number of para-hydroxylation sites is 3. The lowest BCUT2D eigenvalue weighted by Crippen LogP contribution is -2.30. The Bertz CT molecular complexity index is 2110. The van der Waals surface area contributed by atoms with Gasteiger partial charge in [-0.1, -0.05) is 78.9 Å². The number of nitrogens with zero attached hydrogens (tertiary/aromatic N) is 4.